The third-order valence-corrected chi connectivity index (χ3v) is 3.13. The highest BCUT2D eigenvalue weighted by Gasteiger charge is 2.23. The summed E-state index contributed by atoms with van der Waals surface area (Å²) in [5.74, 6) is -3.14. The highest BCUT2D eigenvalue weighted by atomic mass is 19.1. The number of nitro benzene ring substituents is 1. The van der Waals surface area contributed by atoms with Gasteiger partial charge in [0.25, 0.3) is 11.6 Å². The minimum atomic E-state index is -1.07. The van der Waals surface area contributed by atoms with Crippen molar-refractivity contribution in [3.8, 4) is 0 Å². The van der Waals surface area contributed by atoms with E-state index in [0.29, 0.717) is 12.0 Å². The number of carbonyl (C=O) groups excluding carboxylic acids is 1. The normalized spacial score (nSPS) is 10.3. The number of para-hydroxylation sites is 1. The Morgan fingerprint density at radius 2 is 1.77 bits per heavy atom. The molecule has 0 saturated heterocycles. The zero-order chi connectivity index (χ0) is 16.3. The van der Waals surface area contributed by atoms with Crippen LogP contribution in [0.15, 0.2) is 36.4 Å². The monoisotopic (exact) mass is 306 g/mol. The van der Waals surface area contributed by atoms with Crippen LogP contribution in [0.5, 0.6) is 0 Å². The average Bonchev–Trinajstić information content (AvgIpc) is 2.47. The second-order valence-corrected chi connectivity index (χ2v) is 4.47. The maximum absolute atomic E-state index is 13.6. The van der Waals surface area contributed by atoms with Gasteiger partial charge in [0, 0.05) is 6.07 Å². The minimum Gasteiger partial charge on any atom is -0.316 e. The average molecular weight is 306 g/mol. The molecule has 0 aliphatic heterocycles. The van der Waals surface area contributed by atoms with E-state index in [-0.39, 0.29) is 11.4 Å². The molecule has 114 valence electrons. The van der Waals surface area contributed by atoms with Crippen molar-refractivity contribution < 1.29 is 18.5 Å². The summed E-state index contributed by atoms with van der Waals surface area (Å²) in [5, 5.41) is 13.3. The van der Waals surface area contributed by atoms with Gasteiger partial charge in [-0.2, -0.15) is 0 Å². The molecule has 1 N–H and O–H groups in total. The molecule has 0 fully saturated rings. The van der Waals surface area contributed by atoms with Crippen LogP contribution in [-0.2, 0) is 6.42 Å². The van der Waals surface area contributed by atoms with E-state index < -0.39 is 28.0 Å². The molecule has 5 nitrogen and oxygen atoms in total. The Morgan fingerprint density at radius 3 is 2.32 bits per heavy atom. The SMILES string of the molecule is CCc1cccc([N+](=O)[O-])c1NC(=O)c1c(F)cccc1F. The van der Waals surface area contributed by atoms with Gasteiger partial charge in [0.15, 0.2) is 0 Å². The maximum Gasteiger partial charge on any atom is 0.293 e. The fourth-order valence-corrected chi connectivity index (χ4v) is 2.07. The van der Waals surface area contributed by atoms with Gasteiger partial charge in [0.05, 0.1) is 4.92 Å². The molecule has 1 amide bonds. The summed E-state index contributed by atoms with van der Waals surface area (Å²) >= 11 is 0. The lowest BCUT2D eigenvalue weighted by Crippen LogP contribution is -2.17. The number of anilines is 1. The molecule has 0 aliphatic carbocycles. The van der Waals surface area contributed by atoms with Crippen molar-refractivity contribution in [1.29, 1.82) is 0 Å². The number of carbonyl (C=O) groups is 1. The molecular formula is C15H12F2N2O3. The van der Waals surface area contributed by atoms with Gasteiger partial charge in [0.2, 0.25) is 0 Å². The molecule has 22 heavy (non-hydrogen) atoms. The van der Waals surface area contributed by atoms with Crippen LogP contribution in [0.2, 0.25) is 0 Å². The molecule has 0 unspecified atom stereocenters. The van der Waals surface area contributed by atoms with Crippen molar-refractivity contribution in [2.75, 3.05) is 5.32 Å². The van der Waals surface area contributed by atoms with Crippen LogP contribution in [0, 0.1) is 21.7 Å². The fraction of sp³-hybridized carbons (Fsp3) is 0.133. The number of hydrogen-bond acceptors (Lipinski definition) is 3. The molecular weight excluding hydrogens is 294 g/mol. The van der Waals surface area contributed by atoms with E-state index in [1.807, 2.05) is 0 Å². The van der Waals surface area contributed by atoms with Crippen molar-refractivity contribution >= 4 is 17.3 Å². The molecule has 7 heteroatoms. The molecule has 2 rings (SSSR count). The lowest BCUT2D eigenvalue weighted by Gasteiger charge is -2.11. The number of nitro groups is 1. The topological polar surface area (TPSA) is 72.2 Å². The van der Waals surface area contributed by atoms with Crippen molar-refractivity contribution in [1.82, 2.24) is 0 Å². The number of rotatable bonds is 4. The highest BCUT2D eigenvalue weighted by molar-refractivity contribution is 6.06. The van der Waals surface area contributed by atoms with E-state index in [0.717, 1.165) is 18.2 Å². The Kier molecular flexibility index (Phi) is 4.45. The Morgan fingerprint density at radius 1 is 1.18 bits per heavy atom. The summed E-state index contributed by atoms with van der Waals surface area (Å²) in [7, 11) is 0. The number of benzene rings is 2. The van der Waals surface area contributed by atoms with Crippen molar-refractivity contribution in [2.24, 2.45) is 0 Å². The number of hydrogen-bond donors (Lipinski definition) is 1. The van der Waals surface area contributed by atoms with Crippen molar-refractivity contribution in [3.05, 3.63) is 69.3 Å². The van der Waals surface area contributed by atoms with E-state index in [4.69, 9.17) is 0 Å². The Labute approximate surface area is 124 Å². The summed E-state index contributed by atoms with van der Waals surface area (Å²) in [5.41, 5.74) is -0.658. The predicted molar refractivity (Wildman–Crippen MR) is 76.8 cm³/mol. The molecule has 0 radical (unpaired) electrons. The summed E-state index contributed by atoms with van der Waals surface area (Å²) < 4.78 is 27.2. The molecule has 0 aromatic heterocycles. The Hall–Kier alpha value is -2.83. The van der Waals surface area contributed by atoms with Gasteiger partial charge in [-0.1, -0.05) is 25.1 Å². The zero-order valence-electron chi connectivity index (χ0n) is 11.6. The van der Waals surface area contributed by atoms with Gasteiger partial charge in [-0.05, 0) is 24.1 Å². The molecule has 0 aliphatic rings. The molecule has 2 aromatic carbocycles. The van der Waals surface area contributed by atoms with Crippen LogP contribution in [0.25, 0.3) is 0 Å². The molecule has 0 heterocycles. The second kappa shape index (κ2) is 6.30. The number of aryl methyl sites for hydroxylation is 1. The van der Waals surface area contributed by atoms with E-state index in [1.165, 1.54) is 12.1 Å². The predicted octanol–water partition coefficient (Wildman–Crippen LogP) is 3.69. The standard InChI is InChI=1S/C15H12F2N2O3/c1-2-9-5-3-8-12(19(21)22)14(9)18-15(20)13-10(16)6-4-7-11(13)17/h3-8H,2H2,1H3,(H,18,20). The van der Waals surface area contributed by atoms with Crippen molar-refractivity contribution in [3.63, 3.8) is 0 Å². The third kappa shape index (κ3) is 2.93. The van der Waals surface area contributed by atoms with Crippen molar-refractivity contribution in [2.45, 2.75) is 13.3 Å². The number of nitrogens with one attached hydrogen (secondary N) is 1. The molecule has 0 saturated carbocycles. The zero-order valence-corrected chi connectivity index (χ0v) is 11.6. The summed E-state index contributed by atoms with van der Waals surface area (Å²) in [6, 6.07) is 7.31. The van der Waals surface area contributed by atoms with Crippen LogP contribution in [0.3, 0.4) is 0 Å². The summed E-state index contributed by atoms with van der Waals surface area (Å²) in [4.78, 5) is 22.5. The first-order valence-corrected chi connectivity index (χ1v) is 6.47. The first-order valence-electron chi connectivity index (χ1n) is 6.47. The smallest absolute Gasteiger partial charge is 0.293 e. The molecule has 0 bridgehead atoms. The van der Waals surface area contributed by atoms with Crippen LogP contribution >= 0.6 is 0 Å². The summed E-state index contributed by atoms with van der Waals surface area (Å²) in [6.45, 7) is 1.75. The molecule has 0 spiro atoms. The van der Waals surface area contributed by atoms with Gasteiger partial charge in [0.1, 0.15) is 22.9 Å². The van der Waals surface area contributed by atoms with Gasteiger partial charge in [-0.25, -0.2) is 8.78 Å². The largest absolute Gasteiger partial charge is 0.316 e. The lowest BCUT2D eigenvalue weighted by atomic mass is 10.1. The minimum absolute atomic E-state index is 0.0531. The molecule has 2 aromatic rings. The van der Waals surface area contributed by atoms with E-state index in [2.05, 4.69) is 5.32 Å². The number of nitrogens with zero attached hydrogens (tertiary/aromatic N) is 1. The van der Waals surface area contributed by atoms with E-state index in [1.54, 1.807) is 13.0 Å². The van der Waals surface area contributed by atoms with Crippen LogP contribution in [-0.4, -0.2) is 10.8 Å². The van der Waals surface area contributed by atoms with E-state index >= 15 is 0 Å². The van der Waals surface area contributed by atoms with Crippen LogP contribution in [0.1, 0.15) is 22.8 Å². The third-order valence-electron chi connectivity index (χ3n) is 3.13. The Bertz CT molecular complexity index is 727. The van der Waals surface area contributed by atoms with Gasteiger partial charge in [-0.15, -0.1) is 0 Å². The fourth-order valence-electron chi connectivity index (χ4n) is 2.07. The van der Waals surface area contributed by atoms with Crippen LogP contribution in [0.4, 0.5) is 20.2 Å². The first-order chi connectivity index (χ1) is 10.5. The first kappa shape index (κ1) is 15.6. The van der Waals surface area contributed by atoms with Gasteiger partial charge < -0.3 is 5.32 Å². The number of amides is 1. The quantitative estimate of drug-likeness (QED) is 0.691. The molecule has 0 atom stereocenters. The highest BCUT2D eigenvalue weighted by Crippen LogP contribution is 2.29. The lowest BCUT2D eigenvalue weighted by molar-refractivity contribution is -0.384. The van der Waals surface area contributed by atoms with Gasteiger partial charge >= 0.3 is 0 Å². The second-order valence-electron chi connectivity index (χ2n) is 4.47. The number of halogens is 2. The van der Waals surface area contributed by atoms with Gasteiger partial charge in [-0.3, -0.25) is 14.9 Å². The Balaban J connectivity index is 2.47. The van der Waals surface area contributed by atoms with Crippen LogP contribution < -0.4 is 5.32 Å². The maximum atomic E-state index is 13.6. The van der Waals surface area contributed by atoms with E-state index in [9.17, 15) is 23.7 Å². The summed E-state index contributed by atoms with van der Waals surface area (Å²) in [6.07, 6.45) is 0.414.